The van der Waals surface area contributed by atoms with Gasteiger partial charge in [0.05, 0.1) is 12.5 Å². The molecule has 0 radical (unpaired) electrons. The van der Waals surface area contributed by atoms with E-state index in [0.717, 1.165) is 0 Å². The molecule has 0 unspecified atom stereocenters. The van der Waals surface area contributed by atoms with Crippen LogP contribution in [0.15, 0.2) is 0 Å². The molecule has 0 aromatic rings. The van der Waals surface area contributed by atoms with Gasteiger partial charge in [-0.25, -0.2) is 0 Å². The second-order valence-corrected chi connectivity index (χ2v) is 7.06. The van der Waals surface area contributed by atoms with E-state index in [-0.39, 0.29) is 25.8 Å². The maximum Gasteiger partial charge on any atom is 0.303 e. The molecule has 1 rings (SSSR count). The smallest absolute Gasteiger partial charge is 0.303 e. The minimum atomic E-state index is -1.11. The van der Waals surface area contributed by atoms with Crippen molar-refractivity contribution in [1.82, 2.24) is 10.2 Å². The van der Waals surface area contributed by atoms with E-state index in [0.29, 0.717) is 0 Å². The summed E-state index contributed by atoms with van der Waals surface area (Å²) in [5, 5.41) is 20.9. The molecule has 1 fully saturated rings. The average Bonchev–Trinajstić information content (AvgIpc) is 2.83. The van der Waals surface area contributed by atoms with Crippen LogP contribution >= 0.6 is 0 Å². The topological polar surface area (TPSA) is 150 Å². The van der Waals surface area contributed by atoms with Crippen LogP contribution in [0.25, 0.3) is 0 Å². The second-order valence-electron chi connectivity index (χ2n) is 7.06. The van der Waals surface area contributed by atoms with Gasteiger partial charge in [-0.2, -0.15) is 0 Å². The van der Waals surface area contributed by atoms with E-state index in [2.05, 4.69) is 5.32 Å². The lowest BCUT2D eigenvalue weighted by atomic mass is 9.85. The zero-order valence-corrected chi connectivity index (χ0v) is 14.1. The fourth-order valence-electron chi connectivity index (χ4n) is 2.60. The molecule has 1 saturated heterocycles. The number of hydrogen-bond donors (Lipinski definition) is 4. The van der Waals surface area contributed by atoms with Gasteiger partial charge in [0.15, 0.2) is 0 Å². The zero-order chi connectivity index (χ0) is 18.7. The second kappa shape index (κ2) is 7.61. The summed E-state index contributed by atoms with van der Waals surface area (Å²) >= 11 is 0. The normalized spacial score (nSPS) is 22.1. The number of carbonyl (C=O) groups excluding carboxylic acids is 3. The number of primary amides is 1. The highest BCUT2D eigenvalue weighted by Gasteiger charge is 2.43. The Bertz CT molecular complexity index is 528. The van der Waals surface area contributed by atoms with E-state index in [4.69, 9.17) is 10.8 Å². The number of aliphatic hydroxyl groups excluding tert-OH is 1. The van der Waals surface area contributed by atoms with Crippen molar-refractivity contribution < 1.29 is 29.4 Å². The largest absolute Gasteiger partial charge is 0.481 e. The van der Waals surface area contributed by atoms with Gasteiger partial charge in [0.1, 0.15) is 12.1 Å². The molecule has 1 aliphatic rings. The molecule has 0 aromatic heterocycles. The minimum Gasteiger partial charge on any atom is -0.481 e. The third-order valence-electron chi connectivity index (χ3n) is 3.87. The first-order valence-electron chi connectivity index (χ1n) is 7.72. The molecule has 24 heavy (non-hydrogen) atoms. The maximum atomic E-state index is 12.8. The monoisotopic (exact) mass is 343 g/mol. The van der Waals surface area contributed by atoms with Crippen LogP contribution in [0.4, 0.5) is 0 Å². The molecule has 0 bridgehead atoms. The van der Waals surface area contributed by atoms with Gasteiger partial charge in [0.2, 0.25) is 17.7 Å². The van der Waals surface area contributed by atoms with Gasteiger partial charge in [-0.15, -0.1) is 0 Å². The molecule has 136 valence electrons. The van der Waals surface area contributed by atoms with Crippen LogP contribution in [-0.4, -0.2) is 63.5 Å². The fourth-order valence-corrected chi connectivity index (χ4v) is 2.60. The molecular weight excluding hydrogens is 318 g/mol. The number of β-amino-alcohol motifs (C(OH)–C–C–N with tert-alkyl or cyclic N) is 1. The van der Waals surface area contributed by atoms with E-state index in [9.17, 15) is 24.3 Å². The third kappa shape index (κ3) is 5.19. The molecule has 1 aliphatic heterocycles. The Kier molecular flexibility index (Phi) is 6.30. The lowest BCUT2D eigenvalue weighted by Crippen LogP contribution is -2.57. The quantitative estimate of drug-likeness (QED) is 0.477. The number of carboxylic acids is 1. The summed E-state index contributed by atoms with van der Waals surface area (Å²) in [6, 6.07) is -1.89. The number of aliphatic hydroxyl groups is 1. The van der Waals surface area contributed by atoms with E-state index in [1.54, 1.807) is 20.8 Å². The molecule has 0 aromatic carbocycles. The first-order valence-corrected chi connectivity index (χ1v) is 7.72. The summed E-state index contributed by atoms with van der Waals surface area (Å²) in [7, 11) is 0. The Balaban J connectivity index is 2.91. The number of rotatable bonds is 6. The van der Waals surface area contributed by atoms with E-state index >= 15 is 0 Å². The summed E-state index contributed by atoms with van der Waals surface area (Å²) in [6.45, 7) is 5.17. The number of likely N-dealkylation sites (tertiary alicyclic amines) is 1. The van der Waals surface area contributed by atoms with Crippen LogP contribution in [0.5, 0.6) is 0 Å². The van der Waals surface area contributed by atoms with E-state index < -0.39 is 47.3 Å². The van der Waals surface area contributed by atoms with Crippen LogP contribution in [0, 0.1) is 5.41 Å². The first-order chi connectivity index (χ1) is 10.9. The number of carboxylic acid groups (broad SMARTS) is 1. The number of nitrogens with two attached hydrogens (primary N) is 1. The highest BCUT2D eigenvalue weighted by Crippen LogP contribution is 2.26. The minimum absolute atomic E-state index is 0.0377. The van der Waals surface area contributed by atoms with Crippen molar-refractivity contribution in [2.45, 2.75) is 58.2 Å². The Labute approximate surface area is 140 Å². The summed E-state index contributed by atoms with van der Waals surface area (Å²) in [4.78, 5) is 47.9. The predicted octanol–water partition coefficient (Wildman–Crippen LogP) is -1.17. The highest BCUT2D eigenvalue weighted by molar-refractivity contribution is 5.93. The average molecular weight is 343 g/mol. The molecule has 0 spiro atoms. The zero-order valence-electron chi connectivity index (χ0n) is 14.1. The van der Waals surface area contributed by atoms with Gasteiger partial charge < -0.3 is 26.2 Å². The number of nitrogens with zero attached hydrogens (tertiary/aromatic N) is 1. The van der Waals surface area contributed by atoms with E-state index in [1.165, 1.54) is 4.90 Å². The number of amides is 3. The predicted molar refractivity (Wildman–Crippen MR) is 83.6 cm³/mol. The number of nitrogens with one attached hydrogen (secondary N) is 1. The maximum absolute atomic E-state index is 12.8. The van der Waals surface area contributed by atoms with Crippen molar-refractivity contribution in [2.24, 2.45) is 11.1 Å². The Hall–Kier alpha value is -2.16. The highest BCUT2D eigenvalue weighted by atomic mass is 16.4. The third-order valence-corrected chi connectivity index (χ3v) is 3.87. The fraction of sp³-hybridized carbons (Fsp3) is 0.733. The Morgan fingerprint density at radius 3 is 2.29 bits per heavy atom. The lowest BCUT2D eigenvalue weighted by molar-refractivity contribution is -0.143. The van der Waals surface area contributed by atoms with Gasteiger partial charge in [-0.1, -0.05) is 20.8 Å². The van der Waals surface area contributed by atoms with Crippen LogP contribution in [0.1, 0.15) is 40.0 Å². The molecule has 9 heteroatoms. The molecule has 1 heterocycles. The summed E-state index contributed by atoms with van der Waals surface area (Å²) in [6.07, 6.45) is -1.39. The molecule has 0 aliphatic carbocycles. The number of hydrogen-bond acceptors (Lipinski definition) is 5. The Morgan fingerprint density at radius 2 is 1.83 bits per heavy atom. The van der Waals surface area contributed by atoms with Crippen molar-refractivity contribution in [3.8, 4) is 0 Å². The van der Waals surface area contributed by atoms with Gasteiger partial charge >= 0.3 is 5.97 Å². The van der Waals surface area contributed by atoms with E-state index in [1.807, 2.05) is 0 Å². The van der Waals surface area contributed by atoms with Crippen molar-refractivity contribution in [3.05, 3.63) is 0 Å². The SMILES string of the molecule is CC(C)(C)[C@H](NC(=O)CCC(=O)O)C(=O)N1C[C@H](O)C[C@H]1C(N)=O. The van der Waals surface area contributed by atoms with Crippen LogP contribution in [-0.2, 0) is 19.2 Å². The Morgan fingerprint density at radius 1 is 1.25 bits per heavy atom. The van der Waals surface area contributed by atoms with Crippen molar-refractivity contribution in [1.29, 1.82) is 0 Å². The summed E-state index contributed by atoms with van der Waals surface area (Å²) < 4.78 is 0. The van der Waals surface area contributed by atoms with Gasteiger partial charge in [-0.3, -0.25) is 19.2 Å². The summed E-state index contributed by atoms with van der Waals surface area (Å²) in [5.74, 6) is -2.92. The molecule has 0 saturated carbocycles. The molecule has 9 nitrogen and oxygen atoms in total. The van der Waals surface area contributed by atoms with Crippen molar-refractivity contribution >= 4 is 23.7 Å². The van der Waals surface area contributed by atoms with Crippen molar-refractivity contribution in [2.75, 3.05) is 6.54 Å². The molecule has 5 N–H and O–H groups in total. The van der Waals surface area contributed by atoms with Crippen molar-refractivity contribution in [3.63, 3.8) is 0 Å². The standard InChI is InChI=1S/C15H25N3O6/c1-15(2,3)12(17-10(20)4-5-11(21)22)14(24)18-7-8(19)6-9(18)13(16)23/h8-9,12,19H,4-7H2,1-3H3,(H2,16,23)(H,17,20)(H,21,22)/t8-,9+,12-/m1/s1. The molecular formula is C15H25N3O6. The van der Waals surface area contributed by atoms with Crippen LogP contribution < -0.4 is 11.1 Å². The van der Waals surface area contributed by atoms with Gasteiger partial charge in [0, 0.05) is 19.4 Å². The van der Waals surface area contributed by atoms with Crippen LogP contribution in [0.3, 0.4) is 0 Å². The lowest BCUT2D eigenvalue weighted by Gasteiger charge is -2.35. The van der Waals surface area contributed by atoms with Gasteiger partial charge in [0.25, 0.3) is 0 Å². The first kappa shape index (κ1) is 19.9. The number of aliphatic carboxylic acids is 1. The van der Waals surface area contributed by atoms with Gasteiger partial charge in [-0.05, 0) is 5.41 Å². The molecule has 3 atom stereocenters. The summed E-state index contributed by atoms with van der Waals surface area (Å²) in [5.41, 5.74) is 4.61. The van der Waals surface area contributed by atoms with Crippen LogP contribution in [0.2, 0.25) is 0 Å². The number of carbonyl (C=O) groups is 4. The molecule has 3 amide bonds.